The molecule has 162 valence electrons. The summed E-state index contributed by atoms with van der Waals surface area (Å²) in [7, 11) is 1.87. The Bertz CT molecular complexity index is 661. The molecule has 7 heteroatoms. The van der Waals surface area contributed by atoms with E-state index in [-0.39, 0.29) is 0 Å². The highest BCUT2D eigenvalue weighted by atomic mass is 16.5. The fourth-order valence-corrected chi connectivity index (χ4v) is 4.08. The van der Waals surface area contributed by atoms with E-state index in [2.05, 4.69) is 32.2 Å². The van der Waals surface area contributed by atoms with Crippen LogP contribution < -0.4 is 14.8 Å². The van der Waals surface area contributed by atoms with E-state index >= 15 is 0 Å². The third-order valence-corrected chi connectivity index (χ3v) is 5.54. The van der Waals surface area contributed by atoms with Gasteiger partial charge in [-0.05, 0) is 44.4 Å². The number of likely N-dealkylation sites (tertiary alicyclic amines) is 1. The minimum Gasteiger partial charge on any atom is -0.490 e. The summed E-state index contributed by atoms with van der Waals surface area (Å²) in [5.41, 5.74) is 1.23. The Labute approximate surface area is 175 Å². The molecule has 1 atom stereocenters. The largest absolute Gasteiger partial charge is 0.490 e. The number of morpholine rings is 1. The van der Waals surface area contributed by atoms with Gasteiger partial charge in [-0.1, -0.05) is 6.07 Å². The third-order valence-electron chi connectivity index (χ3n) is 5.54. The number of aliphatic imine (C=N–C) groups is 1. The molecule has 1 aromatic rings. The molecule has 0 spiro atoms. The summed E-state index contributed by atoms with van der Waals surface area (Å²) in [6, 6.07) is 6.81. The lowest BCUT2D eigenvalue weighted by atomic mass is 10.1. The first kappa shape index (κ1) is 21.7. The average molecular weight is 405 g/mol. The first-order valence-corrected chi connectivity index (χ1v) is 10.9. The van der Waals surface area contributed by atoms with Gasteiger partial charge in [-0.2, -0.15) is 0 Å². The van der Waals surface area contributed by atoms with Crippen molar-refractivity contribution in [3.05, 3.63) is 23.8 Å². The molecular weight excluding hydrogens is 368 g/mol. The van der Waals surface area contributed by atoms with Crippen LogP contribution in [0.15, 0.2) is 23.2 Å². The maximum atomic E-state index is 5.74. The molecule has 0 aromatic heterocycles. The molecule has 0 bridgehead atoms. The molecule has 0 amide bonds. The fraction of sp³-hybridized carbons (Fsp3) is 0.682. The maximum absolute atomic E-state index is 5.74. The monoisotopic (exact) mass is 404 g/mol. The van der Waals surface area contributed by atoms with E-state index in [1.807, 2.05) is 27.0 Å². The number of hydrogen-bond donors (Lipinski definition) is 1. The molecule has 0 aliphatic carbocycles. The summed E-state index contributed by atoms with van der Waals surface area (Å²) >= 11 is 0. The van der Waals surface area contributed by atoms with E-state index in [0.29, 0.717) is 19.3 Å². The van der Waals surface area contributed by atoms with Gasteiger partial charge in [0.1, 0.15) is 0 Å². The Hall–Kier alpha value is -1.99. The quantitative estimate of drug-likeness (QED) is 0.528. The second-order valence-electron chi connectivity index (χ2n) is 7.41. The molecule has 0 saturated carbocycles. The van der Waals surface area contributed by atoms with Crippen LogP contribution >= 0.6 is 0 Å². The summed E-state index contributed by atoms with van der Waals surface area (Å²) in [5, 5.41) is 3.54. The van der Waals surface area contributed by atoms with E-state index in [1.54, 1.807) is 0 Å². The van der Waals surface area contributed by atoms with Crippen molar-refractivity contribution in [1.82, 2.24) is 15.1 Å². The normalized spacial score (nSPS) is 20.7. The average Bonchev–Trinajstić information content (AvgIpc) is 3.24. The predicted octanol–water partition coefficient (Wildman–Crippen LogP) is 2.01. The van der Waals surface area contributed by atoms with Crippen LogP contribution in [-0.4, -0.2) is 88.0 Å². The predicted molar refractivity (Wildman–Crippen MR) is 116 cm³/mol. The lowest BCUT2D eigenvalue weighted by Crippen LogP contribution is -2.46. The standard InChI is InChI=1S/C22H36N4O3/c1-4-28-20-7-6-18(16-21(20)29-5-2)8-10-24-22(23-3)26-11-9-19(17-26)25-12-14-27-15-13-25/h6-7,16,19H,4-5,8-15,17H2,1-3H3,(H,23,24). The van der Waals surface area contributed by atoms with Gasteiger partial charge in [0.15, 0.2) is 17.5 Å². The molecule has 3 rings (SSSR count). The number of hydrogen-bond acceptors (Lipinski definition) is 5. The SMILES string of the molecule is CCOc1ccc(CCNC(=NC)N2CCC(N3CCOCC3)C2)cc1OCC. The van der Waals surface area contributed by atoms with Gasteiger partial charge in [0.05, 0.1) is 26.4 Å². The zero-order valence-electron chi connectivity index (χ0n) is 18.2. The van der Waals surface area contributed by atoms with Gasteiger partial charge in [0, 0.05) is 45.8 Å². The molecule has 1 N–H and O–H groups in total. The van der Waals surface area contributed by atoms with Crippen LogP contribution in [0.3, 0.4) is 0 Å². The summed E-state index contributed by atoms with van der Waals surface area (Å²) < 4.78 is 16.9. The first-order chi connectivity index (χ1) is 14.2. The molecule has 2 heterocycles. The van der Waals surface area contributed by atoms with Crippen LogP contribution in [0.25, 0.3) is 0 Å². The maximum Gasteiger partial charge on any atom is 0.193 e. The molecule has 1 unspecified atom stereocenters. The first-order valence-electron chi connectivity index (χ1n) is 10.9. The van der Waals surface area contributed by atoms with Crippen LogP contribution in [0.2, 0.25) is 0 Å². The number of nitrogens with one attached hydrogen (secondary N) is 1. The van der Waals surface area contributed by atoms with E-state index in [0.717, 1.165) is 69.8 Å². The van der Waals surface area contributed by atoms with Crippen molar-refractivity contribution in [2.24, 2.45) is 4.99 Å². The second-order valence-corrected chi connectivity index (χ2v) is 7.41. The smallest absolute Gasteiger partial charge is 0.193 e. The third kappa shape index (κ3) is 6.00. The van der Waals surface area contributed by atoms with E-state index < -0.39 is 0 Å². The van der Waals surface area contributed by atoms with Gasteiger partial charge >= 0.3 is 0 Å². The number of benzene rings is 1. The number of nitrogens with zero attached hydrogens (tertiary/aromatic N) is 3. The van der Waals surface area contributed by atoms with Crippen LogP contribution in [0, 0.1) is 0 Å². The van der Waals surface area contributed by atoms with E-state index in [9.17, 15) is 0 Å². The summed E-state index contributed by atoms with van der Waals surface area (Å²) in [6.07, 6.45) is 2.10. The molecule has 2 aliphatic rings. The van der Waals surface area contributed by atoms with E-state index in [4.69, 9.17) is 14.2 Å². The Balaban J connectivity index is 1.49. The Morgan fingerprint density at radius 2 is 1.90 bits per heavy atom. The fourth-order valence-electron chi connectivity index (χ4n) is 4.08. The number of guanidine groups is 1. The van der Waals surface area contributed by atoms with Gasteiger partial charge in [-0.15, -0.1) is 0 Å². The van der Waals surface area contributed by atoms with Gasteiger partial charge in [0.2, 0.25) is 0 Å². The van der Waals surface area contributed by atoms with Gasteiger partial charge < -0.3 is 24.4 Å². The molecule has 2 saturated heterocycles. The zero-order chi connectivity index (χ0) is 20.5. The van der Waals surface area contributed by atoms with Crippen molar-refractivity contribution in [3.8, 4) is 11.5 Å². The van der Waals surface area contributed by atoms with Crippen molar-refractivity contribution in [2.45, 2.75) is 32.7 Å². The van der Waals surface area contributed by atoms with Crippen LogP contribution in [0.1, 0.15) is 25.8 Å². The summed E-state index contributed by atoms with van der Waals surface area (Å²) in [6.45, 7) is 12.0. The lowest BCUT2D eigenvalue weighted by Gasteiger charge is -2.32. The van der Waals surface area contributed by atoms with Gasteiger partial charge in [0.25, 0.3) is 0 Å². The van der Waals surface area contributed by atoms with Crippen molar-refractivity contribution >= 4 is 5.96 Å². The van der Waals surface area contributed by atoms with Crippen LogP contribution in [0.4, 0.5) is 0 Å². The molecule has 0 radical (unpaired) electrons. The Morgan fingerprint density at radius 3 is 2.62 bits per heavy atom. The molecular formula is C22H36N4O3. The topological polar surface area (TPSA) is 58.6 Å². The Kier molecular flexibility index (Phi) is 8.43. The highest BCUT2D eigenvalue weighted by Crippen LogP contribution is 2.28. The highest BCUT2D eigenvalue weighted by Gasteiger charge is 2.30. The van der Waals surface area contributed by atoms with Crippen molar-refractivity contribution in [3.63, 3.8) is 0 Å². The van der Waals surface area contributed by atoms with Crippen LogP contribution in [0.5, 0.6) is 11.5 Å². The molecule has 7 nitrogen and oxygen atoms in total. The molecule has 2 aliphatic heterocycles. The van der Waals surface area contributed by atoms with E-state index in [1.165, 1.54) is 12.0 Å². The van der Waals surface area contributed by atoms with Crippen molar-refractivity contribution < 1.29 is 14.2 Å². The van der Waals surface area contributed by atoms with Crippen LogP contribution in [-0.2, 0) is 11.2 Å². The van der Waals surface area contributed by atoms with Crippen molar-refractivity contribution in [1.29, 1.82) is 0 Å². The number of ether oxygens (including phenoxy) is 3. The lowest BCUT2D eigenvalue weighted by molar-refractivity contribution is 0.0195. The summed E-state index contributed by atoms with van der Waals surface area (Å²) in [4.78, 5) is 9.45. The summed E-state index contributed by atoms with van der Waals surface area (Å²) in [5.74, 6) is 2.63. The molecule has 1 aromatic carbocycles. The minimum absolute atomic E-state index is 0.609. The molecule has 29 heavy (non-hydrogen) atoms. The number of rotatable bonds is 8. The second kappa shape index (κ2) is 11.3. The Morgan fingerprint density at radius 1 is 1.14 bits per heavy atom. The molecule has 2 fully saturated rings. The zero-order valence-corrected chi connectivity index (χ0v) is 18.2. The minimum atomic E-state index is 0.609. The van der Waals surface area contributed by atoms with Gasteiger partial charge in [-0.25, -0.2) is 0 Å². The highest BCUT2D eigenvalue weighted by molar-refractivity contribution is 5.80. The van der Waals surface area contributed by atoms with Gasteiger partial charge in [-0.3, -0.25) is 9.89 Å². The van der Waals surface area contributed by atoms with Crippen molar-refractivity contribution in [2.75, 3.05) is 66.2 Å².